The number of carbonyl (C=O) groups is 1. The van der Waals surface area contributed by atoms with E-state index in [1.54, 1.807) is 0 Å². The molecule has 0 saturated heterocycles. The summed E-state index contributed by atoms with van der Waals surface area (Å²) in [5.41, 5.74) is 2.27. The van der Waals surface area contributed by atoms with Gasteiger partial charge in [0.15, 0.2) is 0 Å². The number of carbonyl (C=O) groups excluding carboxylic acids is 1. The largest absolute Gasteiger partial charge is 0.322 e. The van der Waals surface area contributed by atoms with Crippen LogP contribution in [0.1, 0.15) is 15.9 Å². The molecule has 0 atom stereocenters. The van der Waals surface area contributed by atoms with Crippen LogP contribution in [0.25, 0.3) is 0 Å². The van der Waals surface area contributed by atoms with E-state index in [0.717, 1.165) is 11.3 Å². The van der Waals surface area contributed by atoms with Gasteiger partial charge in [-0.3, -0.25) is 4.79 Å². The summed E-state index contributed by atoms with van der Waals surface area (Å²) in [6.07, 6.45) is 4.37. The highest BCUT2D eigenvalue weighted by Gasteiger charge is 2.08. The average Bonchev–Trinajstić information content (AvgIpc) is 2.42. The Balaban J connectivity index is 2.17. The number of hydrogen-bond donors (Lipinski definition) is 2. The molecule has 0 fully saturated rings. The normalized spacial score (nSPS) is 10.1. The molecule has 1 amide bonds. The third kappa shape index (κ3) is 2.89. The lowest BCUT2D eigenvalue weighted by Gasteiger charge is -2.10. The minimum Gasteiger partial charge on any atom is -0.322 e. The lowest BCUT2D eigenvalue weighted by Crippen LogP contribution is -2.15. The van der Waals surface area contributed by atoms with E-state index in [1.165, 1.54) is 18.7 Å². The van der Waals surface area contributed by atoms with Crippen LogP contribution in [-0.2, 0) is 6.54 Å². The molecular formula is C13H14N4O. The van der Waals surface area contributed by atoms with Crippen LogP contribution in [0.15, 0.2) is 43.0 Å². The number of rotatable bonds is 4. The molecular weight excluding hydrogens is 228 g/mol. The van der Waals surface area contributed by atoms with Gasteiger partial charge in [-0.2, -0.15) is 0 Å². The minimum absolute atomic E-state index is 0.209. The molecule has 0 unspecified atom stereocenters. The van der Waals surface area contributed by atoms with Crippen LogP contribution in [0.5, 0.6) is 0 Å². The van der Waals surface area contributed by atoms with Gasteiger partial charge in [-0.15, -0.1) is 0 Å². The van der Waals surface area contributed by atoms with Crippen molar-refractivity contribution in [3.63, 3.8) is 0 Å². The fourth-order valence-corrected chi connectivity index (χ4v) is 1.60. The summed E-state index contributed by atoms with van der Waals surface area (Å²) in [5, 5.41) is 5.91. The molecule has 18 heavy (non-hydrogen) atoms. The maximum absolute atomic E-state index is 12.0. The third-order valence-electron chi connectivity index (χ3n) is 2.46. The standard InChI is InChI=1S/C13H14N4O/c1-14-6-10-4-2-3-5-12(10)17-13(18)11-7-15-9-16-8-11/h2-5,7-9,14H,6H2,1H3,(H,17,18). The van der Waals surface area contributed by atoms with Gasteiger partial charge < -0.3 is 10.6 Å². The van der Waals surface area contributed by atoms with Crippen LogP contribution in [0.4, 0.5) is 5.69 Å². The lowest BCUT2D eigenvalue weighted by atomic mass is 10.1. The van der Waals surface area contributed by atoms with Crippen LogP contribution in [0.2, 0.25) is 0 Å². The van der Waals surface area contributed by atoms with E-state index >= 15 is 0 Å². The first-order chi connectivity index (χ1) is 8.81. The molecule has 0 aliphatic heterocycles. The van der Waals surface area contributed by atoms with Gasteiger partial charge in [0.2, 0.25) is 0 Å². The maximum atomic E-state index is 12.0. The van der Waals surface area contributed by atoms with Crippen LogP contribution in [0.3, 0.4) is 0 Å². The first-order valence-electron chi connectivity index (χ1n) is 5.60. The van der Waals surface area contributed by atoms with Crippen LogP contribution < -0.4 is 10.6 Å². The summed E-state index contributed by atoms with van der Waals surface area (Å²) in [6.45, 7) is 0.696. The third-order valence-corrected chi connectivity index (χ3v) is 2.46. The fraction of sp³-hybridized carbons (Fsp3) is 0.154. The molecule has 1 heterocycles. The van der Waals surface area contributed by atoms with Crippen molar-refractivity contribution >= 4 is 11.6 Å². The number of nitrogens with zero attached hydrogens (tertiary/aromatic N) is 2. The zero-order valence-electron chi connectivity index (χ0n) is 10.1. The Morgan fingerprint density at radius 3 is 2.67 bits per heavy atom. The number of amides is 1. The molecule has 5 heteroatoms. The van der Waals surface area contributed by atoms with Gasteiger partial charge >= 0.3 is 0 Å². The molecule has 0 saturated carbocycles. The van der Waals surface area contributed by atoms with Gasteiger partial charge in [0, 0.05) is 24.6 Å². The van der Waals surface area contributed by atoms with Crippen LogP contribution in [0, 0.1) is 0 Å². The quantitative estimate of drug-likeness (QED) is 0.851. The van der Waals surface area contributed by atoms with Crippen molar-refractivity contribution in [2.75, 3.05) is 12.4 Å². The number of anilines is 1. The topological polar surface area (TPSA) is 66.9 Å². The molecule has 92 valence electrons. The Kier molecular flexibility index (Phi) is 3.98. The second-order valence-electron chi connectivity index (χ2n) is 3.77. The second kappa shape index (κ2) is 5.88. The summed E-state index contributed by atoms with van der Waals surface area (Å²) in [7, 11) is 1.86. The van der Waals surface area contributed by atoms with E-state index in [1.807, 2.05) is 31.3 Å². The summed E-state index contributed by atoms with van der Waals surface area (Å²) < 4.78 is 0. The van der Waals surface area contributed by atoms with Crippen molar-refractivity contribution in [3.8, 4) is 0 Å². The Bertz CT molecular complexity index is 528. The van der Waals surface area contributed by atoms with E-state index in [0.29, 0.717) is 12.1 Å². The molecule has 1 aromatic carbocycles. The van der Waals surface area contributed by atoms with Crippen molar-refractivity contribution in [3.05, 3.63) is 54.1 Å². The predicted octanol–water partition coefficient (Wildman–Crippen LogP) is 1.45. The molecule has 0 bridgehead atoms. The van der Waals surface area contributed by atoms with Crippen molar-refractivity contribution < 1.29 is 4.79 Å². The number of para-hydroxylation sites is 1. The van der Waals surface area contributed by atoms with Crippen molar-refractivity contribution in [2.24, 2.45) is 0 Å². The Morgan fingerprint density at radius 2 is 1.94 bits per heavy atom. The zero-order valence-corrected chi connectivity index (χ0v) is 10.1. The molecule has 2 N–H and O–H groups in total. The van der Waals surface area contributed by atoms with Crippen LogP contribution in [-0.4, -0.2) is 22.9 Å². The fourth-order valence-electron chi connectivity index (χ4n) is 1.60. The second-order valence-corrected chi connectivity index (χ2v) is 3.77. The van der Waals surface area contributed by atoms with Gasteiger partial charge in [0.1, 0.15) is 6.33 Å². The van der Waals surface area contributed by atoms with E-state index in [4.69, 9.17) is 0 Å². The van der Waals surface area contributed by atoms with Gasteiger partial charge in [-0.25, -0.2) is 9.97 Å². The van der Waals surface area contributed by atoms with E-state index in [2.05, 4.69) is 20.6 Å². The Morgan fingerprint density at radius 1 is 1.22 bits per heavy atom. The molecule has 0 spiro atoms. The van der Waals surface area contributed by atoms with Gasteiger partial charge in [-0.05, 0) is 18.7 Å². The van der Waals surface area contributed by atoms with E-state index in [-0.39, 0.29) is 5.91 Å². The predicted molar refractivity (Wildman–Crippen MR) is 69.2 cm³/mol. The first kappa shape index (κ1) is 12.2. The van der Waals surface area contributed by atoms with Gasteiger partial charge in [0.05, 0.1) is 5.56 Å². The number of benzene rings is 1. The summed E-state index contributed by atoms with van der Waals surface area (Å²) in [5.74, 6) is -0.209. The van der Waals surface area contributed by atoms with Gasteiger partial charge in [0.25, 0.3) is 5.91 Å². The highest BCUT2D eigenvalue weighted by Crippen LogP contribution is 2.15. The zero-order chi connectivity index (χ0) is 12.8. The summed E-state index contributed by atoms with van der Waals surface area (Å²) in [6, 6.07) is 7.66. The highest BCUT2D eigenvalue weighted by molar-refractivity contribution is 6.04. The van der Waals surface area contributed by atoms with Crippen LogP contribution >= 0.6 is 0 Å². The molecule has 0 aliphatic carbocycles. The van der Waals surface area contributed by atoms with Crippen molar-refractivity contribution in [1.82, 2.24) is 15.3 Å². The Hall–Kier alpha value is -2.27. The van der Waals surface area contributed by atoms with Crippen molar-refractivity contribution in [1.29, 1.82) is 0 Å². The van der Waals surface area contributed by atoms with E-state index < -0.39 is 0 Å². The lowest BCUT2D eigenvalue weighted by molar-refractivity contribution is 0.102. The summed E-state index contributed by atoms with van der Waals surface area (Å²) >= 11 is 0. The average molecular weight is 242 g/mol. The van der Waals surface area contributed by atoms with Crippen molar-refractivity contribution in [2.45, 2.75) is 6.54 Å². The van der Waals surface area contributed by atoms with Gasteiger partial charge in [-0.1, -0.05) is 18.2 Å². The summed E-state index contributed by atoms with van der Waals surface area (Å²) in [4.78, 5) is 19.6. The molecule has 5 nitrogen and oxygen atoms in total. The number of hydrogen-bond acceptors (Lipinski definition) is 4. The highest BCUT2D eigenvalue weighted by atomic mass is 16.1. The molecule has 2 aromatic rings. The monoisotopic (exact) mass is 242 g/mol. The molecule has 2 rings (SSSR count). The first-order valence-corrected chi connectivity index (χ1v) is 5.60. The minimum atomic E-state index is -0.209. The molecule has 0 radical (unpaired) electrons. The maximum Gasteiger partial charge on any atom is 0.258 e. The van der Waals surface area contributed by atoms with E-state index in [9.17, 15) is 4.79 Å². The SMILES string of the molecule is CNCc1ccccc1NC(=O)c1cncnc1. The number of nitrogens with one attached hydrogen (secondary N) is 2. The smallest absolute Gasteiger partial charge is 0.258 e. The number of aromatic nitrogens is 2. The molecule has 0 aliphatic rings. The molecule has 1 aromatic heterocycles. The Labute approximate surface area is 105 Å².